The molecule has 0 aliphatic carbocycles. The van der Waals surface area contributed by atoms with E-state index in [1.54, 1.807) is 12.3 Å². The molecule has 0 saturated carbocycles. The summed E-state index contributed by atoms with van der Waals surface area (Å²) in [6, 6.07) is 11.3. The number of oxime groups is 1. The van der Waals surface area contributed by atoms with Gasteiger partial charge in [-0.25, -0.2) is 4.98 Å². The predicted molar refractivity (Wildman–Crippen MR) is 76.3 cm³/mol. The van der Waals surface area contributed by atoms with E-state index in [1.165, 1.54) is 0 Å². The molecule has 0 amide bonds. The second-order valence-corrected chi connectivity index (χ2v) is 4.25. The number of nitrogens with two attached hydrogens (primary N) is 1. The zero-order valence-electron chi connectivity index (χ0n) is 10.3. The molecule has 3 N–H and O–H groups in total. The zero-order chi connectivity index (χ0) is 13.8. The molecule has 1 aromatic carbocycles. The van der Waals surface area contributed by atoms with E-state index in [-0.39, 0.29) is 5.84 Å². The van der Waals surface area contributed by atoms with Gasteiger partial charge in [0.1, 0.15) is 0 Å². The van der Waals surface area contributed by atoms with Crippen molar-refractivity contribution in [1.82, 2.24) is 4.98 Å². The molecule has 0 radical (unpaired) electrons. The van der Waals surface area contributed by atoms with Crippen molar-refractivity contribution < 1.29 is 5.21 Å². The van der Waals surface area contributed by atoms with E-state index in [0.717, 1.165) is 5.69 Å². The van der Waals surface area contributed by atoms with Crippen molar-refractivity contribution in [3.05, 3.63) is 53.2 Å². The molecule has 2 rings (SSSR count). The van der Waals surface area contributed by atoms with Crippen molar-refractivity contribution in [2.24, 2.45) is 10.9 Å². The summed E-state index contributed by atoms with van der Waals surface area (Å²) in [7, 11) is 1.85. The number of para-hydroxylation sites is 1. The summed E-state index contributed by atoms with van der Waals surface area (Å²) in [4.78, 5) is 6.06. The lowest BCUT2D eigenvalue weighted by atomic mass is 10.2. The van der Waals surface area contributed by atoms with E-state index in [9.17, 15) is 0 Å². The SMILES string of the molecule is CN(c1ccccc1)c1nccc(/C(N)=N/O)c1Cl. The van der Waals surface area contributed by atoms with Crippen LogP contribution in [0, 0.1) is 0 Å². The number of halogens is 1. The van der Waals surface area contributed by atoms with Crippen LogP contribution in [0.3, 0.4) is 0 Å². The molecule has 6 heteroatoms. The number of hydrogen-bond donors (Lipinski definition) is 2. The Labute approximate surface area is 115 Å². The fourth-order valence-electron chi connectivity index (χ4n) is 1.69. The Morgan fingerprint density at radius 1 is 1.32 bits per heavy atom. The monoisotopic (exact) mass is 276 g/mol. The molecule has 0 saturated heterocycles. The Kier molecular flexibility index (Phi) is 3.87. The highest BCUT2D eigenvalue weighted by molar-refractivity contribution is 6.36. The number of aromatic nitrogens is 1. The van der Waals surface area contributed by atoms with Crippen molar-refractivity contribution in [3.63, 3.8) is 0 Å². The zero-order valence-corrected chi connectivity index (χ0v) is 11.0. The van der Waals surface area contributed by atoms with Gasteiger partial charge in [-0.15, -0.1) is 0 Å². The van der Waals surface area contributed by atoms with Crippen LogP contribution in [-0.2, 0) is 0 Å². The Morgan fingerprint density at radius 3 is 2.63 bits per heavy atom. The molecule has 0 aliphatic heterocycles. The van der Waals surface area contributed by atoms with Crippen LogP contribution < -0.4 is 10.6 Å². The summed E-state index contributed by atoms with van der Waals surface area (Å²) < 4.78 is 0. The van der Waals surface area contributed by atoms with E-state index in [2.05, 4.69) is 10.1 Å². The normalized spacial score (nSPS) is 11.4. The van der Waals surface area contributed by atoms with Crippen LogP contribution >= 0.6 is 11.6 Å². The van der Waals surface area contributed by atoms with Gasteiger partial charge in [0.2, 0.25) is 0 Å². The predicted octanol–water partition coefficient (Wildman–Crippen LogP) is 2.60. The Hall–Kier alpha value is -2.27. The van der Waals surface area contributed by atoms with Gasteiger partial charge in [-0.05, 0) is 18.2 Å². The minimum Gasteiger partial charge on any atom is -0.409 e. The first-order chi connectivity index (χ1) is 9.15. The highest BCUT2D eigenvalue weighted by atomic mass is 35.5. The highest BCUT2D eigenvalue weighted by Gasteiger charge is 2.15. The van der Waals surface area contributed by atoms with Gasteiger partial charge in [0, 0.05) is 24.5 Å². The number of anilines is 2. The van der Waals surface area contributed by atoms with Crippen LogP contribution in [-0.4, -0.2) is 23.1 Å². The first-order valence-electron chi connectivity index (χ1n) is 5.56. The van der Waals surface area contributed by atoms with Crippen molar-refractivity contribution in [3.8, 4) is 0 Å². The van der Waals surface area contributed by atoms with Gasteiger partial charge in [-0.3, -0.25) is 0 Å². The maximum atomic E-state index is 8.73. The summed E-state index contributed by atoms with van der Waals surface area (Å²) in [6.07, 6.45) is 1.56. The van der Waals surface area contributed by atoms with Gasteiger partial charge in [-0.1, -0.05) is 35.0 Å². The number of amidine groups is 1. The Bertz CT molecular complexity index is 601. The lowest BCUT2D eigenvalue weighted by molar-refractivity contribution is 0.318. The van der Waals surface area contributed by atoms with Gasteiger partial charge >= 0.3 is 0 Å². The topological polar surface area (TPSA) is 74.7 Å². The molecule has 1 heterocycles. The third kappa shape index (κ3) is 2.61. The van der Waals surface area contributed by atoms with E-state index >= 15 is 0 Å². The standard InChI is InChI=1S/C13H13ClN4O/c1-18(9-5-3-2-4-6-9)13-11(14)10(7-8-16-13)12(15)17-19/h2-8,19H,1H3,(H2,15,17). The smallest absolute Gasteiger partial charge is 0.171 e. The van der Waals surface area contributed by atoms with E-state index in [4.69, 9.17) is 22.5 Å². The Balaban J connectivity index is 2.47. The molecule has 98 valence electrons. The molecule has 0 atom stereocenters. The molecular weight excluding hydrogens is 264 g/mol. The first-order valence-corrected chi connectivity index (χ1v) is 5.94. The van der Waals surface area contributed by atoms with Crippen LogP contribution in [0.15, 0.2) is 47.8 Å². The van der Waals surface area contributed by atoms with Crippen molar-refractivity contribution >= 4 is 28.9 Å². The molecule has 19 heavy (non-hydrogen) atoms. The van der Waals surface area contributed by atoms with Gasteiger partial charge in [-0.2, -0.15) is 0 Å². The Morgan fingerprint density at radius 2 is 2.00 bits per heavy atom. The number of hydrogen-bond acceptors (Lipinski definition) is 4. The largest absolute Gasteiger partial charge is 0.409 e. The molecular formula is C13H13ClN4O. The minimum atomic E-state index is -0.0462. The van der Waals surface area contributed by atoms with Crippen molar-refractivity contribution in [1.29, 1.82) is 0 Å². The van der Waals surface area contributed by atoms with Crippen molar-refractivity contribution in [2.75, 3.05) is 11.9 Å². The number of pyridine rings is 1. The van der Waals surface area contributed by atoms with Crippen LogP contribution in [0.25, 0.3) is 0 Å². The first kappa shape index (κ1) is 13.2. The average molecular weight is 277 g/mol. The van der Waals surface area contributed by atoms with E-state index in [1.807, 2.05) is 42.3 Å². The van der Waals surface area contributed by atoms with Crippen LogP contribution in [0.1, 0.15) is 5.56 Å². The van der Waals surface area contributed by atoms with Crippen LogP contribution in [0.2, 0.25) is 5.02 Å². The molecule has 0 aliphatic rings. The molecule has 0 fully saturated rings. The van der Waals surface area contributed by atoms with Crippen LogP contribution in [0.4, 0.5) is 11.5 Å². The summed E-state index contributed by atoms with van der Waals surface area (Å²) in [5.74, 6) is 0.493. The lowest BCUT2D eigenvalue weighted by Crippen LogP contribution is -2.17. The summed E-state index contributed by atoms with van der Waals surface area (Å²) in [5, 5.41) is 12.0. The second-order valence-electron chi connectivity index (χ2n) is 3.88. The maximum Gasteiger partial charge on any atom is 0.171 e. The number of nitrogens with zero attached hydrogens (tertiary/aromatic N) is 3. The number of benzene rings is 1. The third-order valence-corrected chi connectivity index (χ3v) is 3.09. The molecule has 0 unspecified atom stereocenters. The third-order valence-electron chi connectivity index (χ3n) is 2.72. The molecule has 0 bridgehead atoms. The van der Waals surface area contributed by atoms with Gasteiger partial charge in [0.15, 0.2) is 11.7 Å². The number of rotatable bonds is 3. The molecule has 2 aromatic rings. The quantitative estimate of drug-likeness (QED) is 0.391. The summed E-state index contributed by atoms with van der Waals surface area (Å²) in [6.45, 7) is 0. The highest BCUT2D eigenvalue weighted by Crippen LogP contribution is 2.30. The van der Waals surface area contributed by atoms with Gasteiger partial charge in [0.05, 0.1) is 5.02 Å². The summed E-state index contributed by atoms with van der Waals surface area (Å²) in [5.41, 5.74) is 6.95. The second kappa shape index (κ2) is 5.58. The van der Waals surface area contributed by atoms with E-state index in [0.29, 0.717) is 16.4 Å². The molecule has 0 spiro atoms. The molecule has 5 nitrogen and oxygen atoms in total. The summed E-state index contributed by atoms with van der Waals surface area (Å²) >= 11 is 6.25. The minimum absolute atomic E-state index is 0.0462. The fourth-order valence-corrected chi connectivity index (χ4v) is 2.03. The van der Waals surface area contributed by atoms with Gasteiger partial charge < -0.3 is 15.8 Å². The van der Waals surface area contributed by atoms with Crippen LogP contribution in [0.5, 0.6) is 0 Å². The molecule has 1 aromatic heterocycles. The maximum absolute atomic E-state index is 8.73. The lowest BCUT2D eigenvalue weighted by Gasteiger charge is -2.20. The fraction of sp³-hybridized carbons (Fsp3) is 0.0769. The average Bonchev–Trinajstić information content (AvgIpc) is 2.47. The van der Waals surface area contributed by atoms with E-state index < -0.39 is 0 Å². The van der Waals surface area contributed by atoms with Crippen molar-refractivity contribution in [2.45, 2.75) is 0 Å². The van der Waals surface area contributed by atoms with Gasteiger partial charge in [0.25, 0.3) is 0 Å².